The van der Waals surface area contributed by atoms with Gasteiger partial charge in [0.2, 0.25) is 0 Å². The fourth-order valence-electron chi connectivity index (χ4n) is 1.72. The molecule has 0 aliphatic heterocycles. The molecular formula is C15H10BrCl2FO2. The Morgan fingerprint density at radius 1 is 1.14 bits per heavy atom. The van der Waals surface area contributed by atoms with E-state index in [0.717, 1.165) is 6.07 Å². The monoisotopic (exact) mass is 390 g/mol. The zero-order chi connectivity index (χ0) is 15.7. The summed E-state index contributed by atoms with van der Waals surface area (Å²) in [6.45, 7) is 2.93. The minimum atomic E-state index is -0.465. The van der Waals surface area contributed by atoms with Crippen LogP contribution < -0.4 is 4.74 Å². The molecule has 2 rings (SSSR count). The number of rotatable bonds is 3. The normalized spacial score (nSPS) is 10.6. The summed E-state index contributed by atoms with van der Waals surface area (Å²) in [5.41, 5.74) is 0.516. The predicted octanol–water partition coefficient (Wildman–Crippen LogP) is 6.20. The van der Waals surface area contributed by atoms with Gasteiger partial charge in [-0.3, -0.25) is 4.79 Å². The lowest BCUT2D eigenvalue weighted by Gasteiger charge is -2.13. The van der Waals surface area contributed by atoms with Crippen LogP contribution in [0.5, 0.6) is 11.5 Å². The molecule has 0 saturated heterocycles. The lowest BCUT2D eigenvalue weighted by molar-refractivity contribution is 0.101. The van der Waals surface area contributed by atoms with E-state index in [4.69, 9.17) is 27.9 Å². The molecule has 0 spiro atoms. The van der Waals surface area contributed by atoms with Gasteiger partial charge in [-0.15, -0.1) is 0 Å². The SMILES string of the molecule is CC(=O)c1cc(F)c(C)cc1Oc1cc(Cl)c(Br)cc1Cl. The Hall–Kier alpha value is -1.10. The number of carbonyl (C=O) groups is 1. The van der Waals surface area contributed by atoms with Crippen molar-refractivity contribution in [3.8, 4) is 11.5 Å². The number of ketones is 1. The molecule has 0 amide bonds. The fraction of sp³-hybridized carbons (Fsp3) is 0.133. The van der Waals surface area contributed by atoms with E-state index in [9.17, 15) is 9.18 Å². The Bertz CT molecular complexity index is 732. The highest BCUT2D eigenvalue weighted by molar-refractivity contribution is 9.10. The first-order valence-electron chi connectivity index (χ1n) is 5.93. The molecule has 6 heteroatoms. The zero-order valence-electron chi connectivity index (χ0n) is 11.1. The third kappa shape index (κ3) is 3.57. The van der Waals surface area contributed by atoms with Crippen LogP contribution >= 0.6 is 39.1 Å². The number of carbonyl (C=O) groups excluding carboxylic acids is 1. The maximum absolute atomic E-state index is 13.6. The van der Waals surface area contributed by atoms with Crippen LogP contribution in [-0.2, 0) is 0 Å². The Labute approximate surface area is 139 Å². The third-order valence-corrected chi connectivity index (χ3v) is 4.33. The van der Waals surface area contributed by atoms with Crippen molar-refractivity contribution >= 4 is 44.9 Å². The Morgan fingerprint density at radius 2 is 1.81 bits per heavy atom. The van der Waals surface area contributed by atoms with Gasteiger partial charge in [0.1, 0.15) is 17.3 Å². The van der Waals surface area contributed by atoms with Gasteiger partial charge in [-0.05, 0) is 53.5 Å². The quantitative estimate of drug-likeness (QED) is 0.460. The minimum Gasteiger partial charge on any atom is -0.455 e. The highest BCUT2D eigenvalue weighted by Crippen LogP contribution is 2.38. The second-order valence-corrected chi connectivity index (χ2v) is 6.12. The molecule has 0 aromatic heterocycles. The molecule has 0 fully saturated rings. The molecule has 2 aromatic rings. The van der Waals surface area contributed by atoms with E-state index in [-0.39, 0.29) is 17.1 Å². The first kappa shape index (κ1) is 16.3. The summed E-state index contributed by atoms with van der Waals surface area (Å²) < 4.78 is 19.9. The summed E-state index contributed by atoms with van der Waals surface area (Å²) in [4.78, 5) is 11.6. The van der Waals surface area contributed by atoms with Gasteiger partial charge in [-0.1, -0.05) is 23.2 Å². The molecule has 0 atom stereocenters. The molecule has 0 heterocycles. The summed E-state index contributed by atoms with van der Waals surface area (Å²) in [6, 6.07) is 5.72. The van der Waals surface area contributed by atoms with Gasteiger partial charge >= 0.3 is 0 Å². The van der Waals surface area contributed by atoms with Crippen molar-refractivity contribution in [3.05, 3.63) is 55.7 Å². The van der Waals surface area contributed by atoms with Crippen molar-refractivity contribution in [2.24, 2.45) is 0 Å². The Kier molecular flexibility index (Phi) is 4.91. The summed E-state index contributed by atoms with van der Waals surface area (Å²) >= 11 is 15.3. The summed E-state index contributed by atoms with van der Waals surface area (Å²) in [7, 11) is 0. The van der Waals surface area contributed by atoms with Gasteiger partial charge in [0, 0.05) is 10.5 Å². The van der Waals surface area contributed by atoms with Crippen LogP contribution in [0.3, 0.4) is 0 Å². The number of hydrogen-bond acceptors (Lipinski definition) is 2. The number of ether oxygens (including phenoxy) is 1. The van der Waals surface area contributed by atoms with Gasteiger partial charge in [-0.2, -0.15) is 0 Å². The molecule has 21 heavy (non-hydrogen) atoms. The van der Waals surface area contributed by atoms with Crippen molar-refractivity contribution in [1.29, 1.82) is 0 Å². The molecule has 2 nitrogen and oxygen atoms in total. The average Bonchev–Trinajstić information content (AvgIpc) is 2.39. The second kappa shape index (κ2) is 6.34. The van der Waals surface area contributed by atoms with Gasteiger partial charge in [0.15, 0.2) is 5.78 Å². The highest BCUT2D eigenvalue weighted by atomic mass is 79.9. The van der Waals surface area contributed by atoms with Crippen molar-refractivity contribution < 1.29 is 13.9 Å². The van der Waals surface area contributed by atoms with Crippen LogP contribution in [0.25, 0.3) is 0 Å². The highest BCUT2D eigenvalue weighted by Gasteiger charge is 2.15. The molecule has 0 N–H and O–H groups in total. The molecule has 0 aliphatic rings. The maximum atomic E-state index is 13.6. The minimum absolute atomic E-state index is 0.146. The fourth-order valence-corrected chi connectivity index (χ4v) is 2.55. The zero-order valence-corrected chi connectivity index (χ0v) is 14.2. The first-order chi connectivity index (χ1) is 9.79. The van der Waals surface area contributed by atoms with Crippen molar-refractivity contribution in [2.45, 2.75) is 13.8 Å². The lowest BCUT2D eigenvalue weighted by atomic mass is 10.1. The van der Waals surface area contributed by atoms with E-state index in [1.807, 2.05) is 0 Å². The molecule has 0 radical (unpaired) electrons. The van der Waals surface area contributed by atoms with Crippen molar-refractivity contribution in [2.75, 3.05) is 0 Å². The van der Waals surface area contributed by atoms with Crippen LogP contribution in [0.1, 0.15) is 22.8 Å². The van der Waals surface area contributed by atoms with Gasteiger partial charge in [0.25, 0.3) is 0 Å². The molecule has 0 bridgehead atoms. The van der Waals surface area contributed by atoms with E-state index >= 15 is 0 Å². The number of halogens is 4. The van der Waals surface area contributed by atoms with E-state index in [2.05, 4.69) is 15.9 Å². The molecule has 0 saturated carbocycles. The number of benzene rings is 2. The smallest absolute Gasteiger partial charge is 0.163 e. The molecule has 0 unspecified atom stereocenters. The summed E-state index contributed by atoms with van der Waals surface area (Å²) in [6.07, 6.45) is 0. The third-order valence-electron chi connectivity index (χ3n) is 2.83. The number of Topliss-reactive ketones (excluding diaryl/α,β-unsaturated/α-hetero) is 1. The lowest BCUT2D eigenvalue weighted by Crippen LogP contribution is -2.00. The van der Waals surface area contributed by atoms with Gasteiger partial charge < -0.3 is 4.74 Å². The van der Waals surface area contributed by atoms with E-state index in [1.165, 1.54) is 19.1 Å². The Morgan fingerprint density at radius 3 is 2.43 bits per heavy atom. The van der Waals surface area contributed by atoms with Crippen LogP contribution in [0.2, 0.25) is 10.0 Å². The van der Waals surface area contributed by atoms with Gasteiger partial charge in [0.05, 0.1) is 15.6 Å². The van der Waals surface area contributed by atoms with E-state index in [0.29, 0.717) is 25.8 Å². The van der Waals surface area contributed by atoms with Crippen LogP contribution in [0.15, 0.2) is 28.7 Å². The largest absolute Gasteiger partial charge is 0.455 e. The van der Waals surface area contributed by atoms with Crippen molar-refractivity contribution in [3.63, 3.8) is 0 Å². The molecular weight excluding hydrogens is 382 g/mol. The van der Waals surface area contributed by atoms with E-state index < -0.39 is 5.82 Å². The summed E-state index contributed by atoms with van der Waals surface area (Å²) in [5.74, 6) is -0.240. The first-order valence-corrected chi connectivity index (χ1v) is 7.48. The van der Waals surface area contributed by atoms with Crippen LogP contribution in [0, 0.1) is 12.7 Å². The van der Waals surface area contributed by atoms with Crippen LogP contribution in [-0.4, -0.2) is 5.78 Å². The summed E-state index contributed by atoms with van der Waals surface area (Å²) in [5, 5.41) is 0.736. The van der Waals surface area contributed by atoms with E-state index in [1.54, 1.807) is 13.0 Å². The predicted molar refractivity (Wildman–Crippen MR) is 85.4 cm³/mol. The molecule has 110 valence electrons. The number of aryl methyl sites for hydroxylation is 1. The van der Waals surface area contributed by atoms with Crippen molar-refractivity contribution in [1.82, 2.24) is 0 Å². The Balaban J connectivity index is 2.51. The second-order valence-electron chi connectivity index (χ2n) is 4.45. The number of hydrogen-bond donors (Lipinski definition) is 0. The molecule has 2 aromatic carbocycles. The standard InChI is InChI=1S/C15H10BrCl2FO2/c1-7-3-14(9(8(2)20)4-13(7)19)21-15-6-11(17)10(16)5-12(15)18/h3-6H,1-2H3. The average molecular weight is 392 g/mol. The van der Waals surface area contributed by atoms with Crippen LogP contribution in [0.4, 0.5) is 4.39 Å². The molecule has 0 aliphatic carbocycles. The topological polar surface area (TPSA) is 26.3 Å². The van der Waals surface area contributed by atoms with Gasteiger partial charge in [-0.25, -0.2) is 4.39 Å². The maximum Gasteiger partial charge on any atom is 0.163 e.